The van der Waals surface area contributed by atoms with E-state index in [4.69, 9.17) is 14.2 Å². The van der Waals surface area contributed by atoms with Crippen LogP contribution >= 0.6 is 0 Å². The van der Waals surface area contributed by atoms with E-state index in [9.17, 15) is 19.5 Å². The number of anilines is 1. The maximum Gasteiger partial charge on any atom is 0.323 e. The first-order valence-electron chi connectivity index (χ1n) is 16.6. The Balaban J connectivity index is 1.44. The second-order valence-electron chi connectivity index (χ2n) is 13.5. The van der Waals surface area contributed by atoms with Gasteiger partial charge < -0.3 is 30.0 Å². The Labute approximate surface area is 273 Å². The molecule has 2 amide bonds. The van der Waals surface area contributed by atoms with Crippen LogP contribution in [-0.2, 0) is 35.2 Å². The SMILES string of the molecule is CC(=O)NCCCCCC(=O)Nc1ccc([C@H]2O[C@@H](CN3CCC[C@H]3C(=O)OC(C)(C)C)[C@@H](C)[C@@H](c3ccc(CO)cc3)O2)cc1. The van der Waals surface area contributed by atoms with E-state index in [2.05, 4.69) is 22.5 Å². The molecule has 0 bridgehead atoms. The van der Waals surface area contributed by atoms with Gasteiger partial charge in [-0.2, -0.15) is 0 Å². The van der Waals surface area contributed by atoms with Gasteiger partial charge in [0.15, 0.2) is 6.29 Å². The Bertz CT molecular complexity index is 1290. The van der Waals surface area contributed by atoms with Gasteiger partial charge in [0.05, 0.1) is 18.8 Å². The molecule has 2 aromatic carbocycles. The molecule has 2 saturated heterocycles. The average molecular weight is 638 g/mol. The van der Waals surface area contributed by atoms with Crippen molar-refractivity contribution in [2.75, 3.05) is 25.0 Å². The predicted molar refractivity (Wildman–Crippen MR) is 176 cm³/mol. The summed E-state index contributed by atoms with van der Waals surface area (Å²) in [7, 11) is 0. The number of hydrogen-bond donors (Lipinski definition) is 3. The predicted octanol–water partition coefficient (Wildman–Crippen LogP) is 5.41. The minimum atomic E-state index is -0.653. The lowest BCUT2D eigenvalue weighted by molar-refractivity contribution is -0.276. The molecule has 10 nitrogen and oxygen atoms in total. The number of amides is 2. The van der Waals surface area contributed by atoms with E-state index in [-0.39, 0.29) is 48.6 Å². The summed E-state index contributed by atoms with van der Waals surface area (Å²) in [6.45, 7) is 11.2. The van der Waals surface area contributed by atoms with Crippen LogP contribution in [0, 0.1) is 5.92 Å². The van der Waals surface area contributed by atoms with Crippen molar-refractivity contribution in [1.82, 2.24) is 10.2 Å². The van der Waals surface area contributed by atoms with Crippen molar-refractivity contribution >= 4 is 23.5 Å². The molecule has 2 fully saturated rings. The van der Waals surface area contributed by atoms with Crippen molar-refractivity contribution in [2.45, 2.75) is 110 Å². The van der Waals surface area contributed by atoms with Crippen molar-refractivity contribution in [1.29, 1.82) is 0 Å². The zero-order chi connectivity index (χ0) is 33.3. The van der Waals surface area contributed by atoms with E-state index in [0.717, 1.165) is 55.3 Å². The van der Waals surface area contributed by atoms with Gasteiger partial charge in [0.2, 0.25) is 11.8 Å². The third-order valence-electron chi connectivity index (χ3n) is 8.50. The highest BCUT2D eigenvalue weighted by Gasteiger charge is 2.42. The molecule has 46 heavy (non-hydrogen) atoms. The number of unbranched alkanes of at least 4 members (excludes halogenated alkanes) is 2. The lowest BCUT2D eigenvalue weighted by Gasteiger charge is -2.43. The van der Waals surface area contributed by atoms with Gasteiger partial charge in [0, 0.05) is 43.6 Å². The molecule has 2 aliphatic heterocycles. The molecule has 4 rings (SSSR count). The molecule has 2 aromatic rings. The number of benzene rings is 2. The second-order valence-corrected chi connectivity index (χ2v) is 13.5. The third kappa shape index (κ3) is 10.4. The van der Waals surface area contributed by atoms with Gasteiger partial charge in [0.25, 0.3) is 0 Å². The molecule has 2 aliphatic rings. The summed E-state index contributed by atoms with van der Waals surface area (Å²) in [5.74, 6) is -0.309. The maximum atomic E-state index is 13.1. The fraction of sp³-hybridized carbons (Fsp3) is 0.583. The summed E-state index contributed by atoms with van der Waals surface area (Å²) in [4.78, 5) is 38.7. The number of nitrogens with one attached hydrogen (secondary N) is 2. The van der Waals surface area contributed by atoms with Crippen molar-refractivity contribution < 1.29 is 33.7 Å². The first-order chi connectivity index (χ1) is 21.9. The average Bonchev–Trinajstić information content (AvgIpc) is 3.48. The minimum absolute atomic E-state index is 0.0204. The Morgan fingerprint density at radius 1 is 0.978 bits per heavy atom. The number of aliphatic hydroxyl groups excluding tert-OH is 1. The van der Waals surface area contributed by atoms with Gasteiger partial charge in [0.1, 0.15) is 11.6 Å². The molecule has 0 unspecified atom stereocenters. The van der Waals surface area contributed by atoms with Gasteiger partial charge in [-0.15, -0.1) is 0 Å². The van der Waals surface area contributed by atoms with Gasteiger partial charge in [-0.3, -0.25) is 19.3 Å². The first-order valence-corrected chi connectivity index (χ1v) is 16.6. The molecule has 0 saturated carbocycles. The summed E-state index contributed by atoms with van der Waals surface area (Å²) in [5, 5.41) is 15.3. The van der Waals surface area contributed by atoms with Gasteiger partial charge in [-0.05, 0) is 76.3 Å². The maximum absolute atomic E-state index is 13.1. The van der Waals surface area contributed by atoms with E-state index in [1.807, 2.05) is 69.3 Å². The second kappa shape index (κ2) is 16.5. The standard InChI is InChI=1S/C36H51N3O7/c1-24-31(22-39-21-9-10-30(39)34(43)46-36(3,4)5)44-35(45-33(24)27-14-12-26(23-40)13-15-27)28-16-18-29(19-17-28)38-32(42)11-7-6-8-20-37-25(2)41/h12-19,24,30-31,33,35,40H,6-11,20-23H2,1-5H3,(H,37,41)(H,38,42)/t24-,30+,31+,33+,35+/m1/s1. The Morgan fingerprint density at radius 2 is 1.67 bits per heavy atom. The summed E-state index contributed by atoms with van der Waals surface area (Å²) < 4.78 is 19.0. The first kappa shape index (κ1) is 35.5. The van der Waals surface area contributed by atoms with Crippen LogP contribution in [0.25, 0.3) is 0 Å². The van der Waals surface area contributed by atoms with Crippen molar-refractivity contribution in [2.24, 2.45) is 5.92 Å². The molecule has 3 N–H and O–H groups in total. The number of ether oxygens (including phenoxy) is 3. The Hall–Kier alpha value is -3.31. The van der Waals surface area contributed by atoms with E-state index in [1.165, 1.54) is 6.92 Å². The number of carbonyl (C=O) groups is 3. The van der Waals surface area contributed by atoms with Gasteiger partial charge >= 0.3 is 5.97 Å². The van der Waals surface area contributed by atoms with E-state index < -0.39 is 11.9 Å². The molecule has 0 aliphatic carbocycles. The number of rotatable bonds is 13. The molecule has 0 aromatic heterocycles. The zero-order valence-electron chi connectivity index (χ0n) is 27.9. The molecule has 0 spiro atoms. The summed E-state index contributed by atoms with van der Waals surface area (Å²) in [6.07, 6.45) is 3.38. The summed E-state index contributed by atoms with van der Waals surface area (Å²) >= 11 is 0. The van der Waals surface area contributed by atoms with Crippen LogP contribution in [0.1, 0.15) is 102 Å². The summed E-state index contributed by atoms with van der Waals surface area (Å²) in [5.41, 5.74) is 2.80. The molecule has 5 atom stereocenters. The normalized spacial score (nSPS) is 23.6. The van der Waals surface area contributed by atoms with Crippen LogP contribution in [0.4, 0.5) is 5.69 Å². The quantitative estimate of drug-likeness (QED) is 0.197. The molecular weight excluding hydrogens is 586 g/mol. The molecule has 2 heterocycles. The third-order valence-corrected chi connectivity index (χ3v) is 8.50. The Kier molecular flexibility index (Phi) is 12.7. The van der Waals surface area contributed by atoms with Crippen molar-refractivity contribution in [3.8, 4) is 0 Å². The Morgan fingerprint density at radius 3 is 2.33 bits per heavy atom. The van der Waals surface area contributed by atoms with Crippen LogP contribution in [0.2, 0.25) is 0 Å². The zero-order valence-corrected chi connectivity index (χ0v) is 27.9. The fourth-order valence-electron chi connectivity index (χ4n) is 6.04. The number of hydrogen-bond acceptors (Lipinski definition) is 8. The van der Waals surface area contributed by atoms with Crippen molar-refractivity contribution in [3.05, 3.63) is 65.2 Å². The summed E-state index contributed by atoms with van der Waals surface area (Å²) in [6, 6.07) is 15.0. The highest BCUT2D eigenvalue weighted by Crippen LogP contribution is 2.42. The number of esters is 1. The van der Waals surface area contributed by atoms with Crippen LogP contribution in [0.5, 0.6) is 0 Å². The largest absolute Gasteiger partial charge is 0.459 e. The molecular formula is C36H51N3O7. The van der Waals surface area contributed by atoms with E-state index in [1.54, 1.807) is 0 Å². The number of nitrogens with zero attached hydrogens (tertiary/aromatic N) is 1. The molecule has 252 valence electrons. The fourth-order valence-corrected chi connectivity index (χ4v) is 6.04. The van der Waals surface area contributed by atoms with Gasteiger partial charge in [-0.25, -0.2) is 0 Å². The smallest absolute Gasteiger partial charge is 0.323 e. The lowest BCUT2D eigenvalue weighted by atomic mass is 9.90. The van der Waals surface area contributed by atoms with Crippen LogP contribution < -0.4 is 10.6 Å². The monoisotopic (exact) mass is 637 g/mol. The van der Waals surface area contributed by atoms with Gasteiger partial charge in [-0.1, -0.05) is 49.7 Å². The topological polar surface area (TPSA) is 126 Å². The van der Waals surface area contributed by atoms with Crippen LogP contribution in [-0.4, -0.2) is 65.2 Å². The van der Waals surface area contributed by atoms with Crippen LogP contribution in [0.3, 0.4) is 0 Å². The minimum Gasteiger partial charge on any atom is -0.459 e. The van der Waals surface area contributed by atoms with Crippen LogP contribution in [0.15, 0.2) is 48.5 Å². The highest BCUT2D eigenvalue weighted by molar-refractivity contribution is 5.90. The number of likely N-dealkylation sites (tertiary alicyclic amines) is 1. The molecule has 10 heteroatoms. The van der Waals surface area contributed by atoms with Crippen molar-refractivity contribution in [3.63, 3.8) is 0 Å². The lowest BCUT2D eigenvalue weighted by Crippen LogP contribution is -2.48. The number of carbonyl (C=O) groups excluding carboxylic acids is 3. The number of aliphatic hydroxyl groups is 1. The van der Waals surface area contributed by atoms with E-state index in [0.29, 0.717) is 25.2 Å². The molecule has 0 radical (unpaired) electrons. The highest BCUT2D eigenvalue weighted by atomic mass is 16.7. The van der Waals surface area contributed by atoms with E-state index >= 15 is 0 Å².